The molecule has 1 aliphatic heterocycles. The summed E-state index contributed by atoms with van der Waals surface area (Å²) in [5.41, 5.74) is 4.65. The van der Waals surface area contributed by atoms with Gasteiger partial charge in [-0.3, -0.25) is 23.7 Å². The van der Waals surface area contributed by atoms with E-state index < -0.39 is 77.9 Å². The van der Waals surface area contributed by atoms with E-state index in [1.165, 1.54) is 26.0 Å². The van der Waals surface area contributed by atoms with E-state index in [1.807, 2.05) is 0 Å². The van der Waals surface area contributed by atoms with Crippen molar-refractivity contribution in [1.29, 1.82) is 0 Å². The molecule has 43 heavy (non-hydrogen) atoms. The van der Waals surface area contributed by atoms with Crippen molar-refractivity contribution in [2.45, 2.75) is 68.1 Å². The first-order valence-electron chi connectivity index (χ1n) is 13.0. The van der Waals surface area contributed by atoms with E-state index in [4.69, 9.17) is 40.6 Å². The van der Waals surface area contributed by atoms with Crippen LogP contribution in [-0.4, -0.2) is 62.3 Å². The molecule has 1 aromatic carbocycles. The Morgan fingerprint density at radius 3 is 2.47 bits per heavy atom. The molecule has 2 aromatic rings. The molecule has 1 saturated heterocycles. The fourth-order valence-corrected chi connectivity index (χ4v) is 6.33. The van der Waals surface area contributed by atoms with Crippen molar-refractivity contribution in [3.63, 3.8) is 0 Å². The summed E-state index contributed by atoms with van der Waals surface area (Å²) in [5, 5.41) is 2.54. The molecule has 0 amide bonds. The van der Waals surface area contributed by atoms with Crippen molar-refractivity contribution in [1.82, 2.24) is 14.6 Å². The molecular weight excluding hydrogens is 675 g/mol. The van der Waals surface area contributed by atoms with E-state index in [2.05, 4.69) is 32.6 Å². The van der Waals surface area contributed by atoms with Gasteiger partial charge in [-0.25, -0.2) is 14.2 Å². The van der Waals surface area contributed by atoms with Gasteiger partial charge in [0.25, 0.3) is 5.56 Å². The zero-order valence-corrected chi connectivity index (χ0v) is 27.0. The molecule has 0 aliphatic carbocycles. The maximum atomic E-state index is 14.0. The normalized spacial score (nSPS) is 24.5. The molecule has 2 heterocycles. The van der Waals surface area contributed by atoms with E-state index in [0.29, 0.717) is 5.57 Å². The number of aromatic amines is 1. The Hall–Kier alpha value is -2.78. The van der Waals surface area contributed by atoms with Gasteiger partial charge in [0.2, 0.25) is 0 Å². The number of esters is 2. The number of alkyl halides is 2. The van der Waals surface area contributed by atoms with E-state index >= 15 is 0 Å². The summed E-state index contributed by atoms with van der Waals surface area (Å²) < 4.78 is 41.3. The van der Waals surface area contributed by atoms with Crippen LogP contribution in [0, 0.1) is 0 Å². The van der Waals surface area contributed by atoms with E-state index in [1.54, 1.807) is 32.0 Å². The third-order valence-corrected chi connectivity index (χ3v) is 8.80. The van der Waals surface area contributed by atoms with Gasteiger partial charge in [0.1, 0.15) is 23.9 Å². The zero-order chi connectivity index (χ0) is 32.1. The largest absolute Gasteiger partial charge is 0.462 e. The summed E-state index contributed by atoms with van der Waals surface area (Å²) in [7, 11) is -4.38. The number of rotatable bonds is 13. The number of hydrogen-bond donors (Lipinski definition) is 3. The third-order valence-electron chi connectivity index (χ3n) is 5.92. The summed E-state index contributed by atoms with van der Waals surface area (Å²) >= 11 is 10.1. The molecule has 0 saturated carbocycles. The predicted molar refractivity (Wildman–Crippen MR) is 160 cm³/mol. The molecule has 17 heteroatoms. The number of H-pyrrole nitrogens is 1. The third kappa shape index (κ3) is 8.88. The topological polar surface area (TPSA) is 190 Å². The number of carbonyl (C=O) groups is 2. The number of aromatic nitrogens is 2. The van der Waals surface area contributed by atoms with Crippen LogP contribution in [0.25, 0.3) is 0 Å². The van der Waals surface area contributed by atoms with E-state index in [-0.39, 0.29) is 5.75 Å². The molecule has 4 N–H and O–H groups in total. The molecule has 1 aliphatic rings. The summed E-state index contributed by atoms with van der Waals surface area (Å²) in [4.78, 5) is 51.6. The molecule has 3 rings (SSSR count). The maximum Gasteiger partial charge on any atom is 0.459 e. The Kier molecular flexibility index (Phi) is 11.6. The van der Waals surface area contributed by atoms with Gasteiger partial charge in [-0.1, -0.05) is 57.9 Å². The highest BCUT2D eigenvalue weighted by atomic mass is 79.9. The predicted octanol–water partition coefficient (Wildman–Crippen LogP) is 2.71. The number of nitrogens with two attached hydrogens (primary N) is 1. The van der Waals surface area contributed by atoms with Crippen molar-refractivity contribution in [2.75, 3.05) is 6.61 Å². The average Bonchev–Trinajstić information content (AvgIpc) is 3.16. The quantitative estimate of drug-likeness (QED) is 0.120. The number of carbonyl (C=O) groups excluding carboxylic acids is 2. The minimum absolute atomic E-state index is 0.148. The van der Waals surface area contributed by atoms with Crippen LogP contribution in [0.15, 0.2) is 64.3 Å². The number of halogens is 2. The minimum atomic E-state index is -4.38. The lowest BCUT2D eigenvalue weighted by Crippen LogP contribution is -2.46. The highest BCUT2D eigenvalue weighted by Crippen LogP contribution is 2.51. The van der Waals surface area contributed by atoms with Crippen molar-refractivity contribution in [3.8, 4) is 5.75 Å². The lowest BCUT2D eigenvalue weighted by molar-refractivity contribution is -0.153. The van der Waals surface area contributed by atoms with E-state index in [0.717, 1.165) is 16.8 Å². The summed E-state index contributed by atoms with van der Waals surface area (Å²) in [6.07, 6.45) is -3.39. The molecule has 1 aromatic heterocycles. The first-order valence-corrected chi connectivity index (χ1v) is 15.7. The van der Waals surface area contributed by atoms with Gasteiger partial charge >= 0.3 is 25.4 Å². The summed E-state index contributed by atoms with van der Waals surface area (Å²) in [5.74, 6) is -1.49. The Bertz CT molecular complexity index is 1480. The Labute approximate surface area is 260 Å². The molecule has 0 bridgehead atoms. The Morgan fingerprint density at radius 1 is 1.23 bits per heavy atom. The standard InChI is InChI=1S/C26H33BrClN4O10P/c1-14(2)20(29)23(35)41-21-18(40-24(26(21,27)28)32-12-11-19(33)30-25(32)36)13-38-43(37,42-17-9-7-6-8-10-17)31-16(5)22(34)39-15(3)4/h6-12,15-16,18,20-21,24H,1,13,29H2,2-5H3,(H,31,37)(H,30,33,36)/t16-,18+,20-,21+,24+,26-,43-/m0/s1. The second kappa shape index (κ2) is 14.3. The van der Waals surface area contributed by atoms with Gasteiger partial charge in [-0.2, -0.15) is 5.09 Å². The smallest absolute Gasteiger partial charge is 0.459 e. The summed E-state index contributed by atoms with van der Waals surface area (Å²) in [6, 6.07) is 6.72. The van der Waals surface area contributed by atoms with Crippen molar-refractivity contribution in [3.05, 3.63) is 75.6 Å². The van der Waals surface area contributed by atoms with Gasteiger partial charge in [0, 0.05) is 12.3 Å². The van der Waals surface area contributed by atoms with Crippen LogP contribution in [0.2, 0.25) is 0 Å². The van der Waals surface area contributed by atoms with Crippen LogP contribution in [0.4, 0.5) is 0 Å². The lowest BCUT2D eigenvalue weighted by atomic mass is 10.1. The van der Waals surface area contributed by atoms with Crippen molar-refractivity contribution >= 4 is 47.2 Å². The Morgan fingerprint density at radius 2 is 1.88 bits per heavy atom. The molecule has 0 unspecified atom stereocenters. The maximum absolute atomic E-state index is 14.0. The number of para-hydroxylation sites is 1. The molecule has 1 fully saturated rings. The van der Waals surface area contributed by atoms with Gasteiger partial charge in [-0.05, 0) is 39.8 Å². The monoisotopic (exact) mass is 706 g/mol. The number of ether oxygens (including phenoxy) is 3. The molecule has 7 atom stereocenters. The number of hydrogen-bond acceptors (Lipinski definition) is 11. The number of nitrogens with zero attached hydrogens (tertiary/aromatic N) is 1. The van der Waals surface area contributed by atoms with Gasteiger partial charge < -0.3 is 24.5 Å². The fourth-order valence-electron chi connectivity index (χ4n) is 3.77. The fraction of sp³-hybridized carbons (Fsp3) is 0.462. The van der Waals surface area contributed by atoms with E-state index in [9.17, 15) is 23.7 Å². The van der Waals surface area contributed by atoms with Gasteiger partial charge in [0.15, 0.2) is 16.1 Å². The Balaban J connectivity index is 1.95. The molecule has 0 spiro atoms. The van der Waals surface area contributed by atoms with Crippen LogP contribution in [0.3, 0.4) is 0 Å². The van der Waals surface area contributed by atoms with Gasteiger partial charge in [-0.15, -0.1) is 0 Å². The van der Waals surface area contributed by atoms with Crippen LogP contribution < -0.4 is 26.6 Å². The number of nitrogens with one attached hydrogen (secondary N) is 2. The second-order valence-corrected chi connectivity index (χ2v) is 14.0. The SMILES string of the molecule is C=C(C)[C@H](N)C(=O)O[C@@H]1[C@@H](CO[P@@](=O)(N[C@@H](C)C(=O)OC(C)C)Oc2ccccc2)O[C@@H](n2ccc(=O)[nH]c2=O)[C@]1(Cl)Br. The molecule has 236 valence electrons. The highest BCUT2D eigenvalue weighted by molar-refractivity contribution is 9.10. The lowest BCUT2D eigenvalue weighted by Gasteiger charge is -2.29. The number of benzene rings is 1. The van der Waals surface area contributed by atoms with Crippen LogP contribution in [-0.2, 0) is 32.9 Å². The first kappa shape index (κ1) is 34.7. The average molecular weight is 708 g/mol. The summed E-state index contributed by atoms with van der Waals surface area (Å²) in [6.45, 7) is 9.30. The minimum Gasteiger partial charge on any atom is -0.462 e. The van der Waals surface area contributed by atoms with Crippen molar-refractivity contribution < 1.29 is 37.4 Å². The molecule has 0 radical (unpaired) electrons. The van der Waals surface area contributed by atoms with Crippen LogP contribution >= 0.6 is 35.3 Å². The van der Waals surface area contributed by atoms with Crippen LogP contribution in [0.5, 0.6) is 5.75 Å². The molecule has 14 nitrogen and oxygen atoms in total. The first-order chi connectivity index (χ1) is 20.0. The highest BCUT2D eigenvalue weighted by Gasteiger charge is 2.59. The second-order valence-electron chi connectivity index (χ2n) is 9.93. The van der Waals surface area contributed by atoms with Gasteiger partial charge in [0.05, 0.1) is 12.7 Å². The zero-order valence-electron chi connectivity index (χ0n) is 23.7. The van der Waals surface area contributed by atoms with Crippen molar-refractivity contribution in [2.24, 2.45) is 5.73 Å². The van der Waals surface area contributed by atoms with Crippen LogP contribution in [0.1, 0.15) is 33.9 Å². The molecular formula is C26H33BrClN4O10P.